The van der Waals surface area contributed by atoms with Crippen LogP contribution in [0.2, 0.25) is 0 Å². The van der Waals surface area contributed by atoms with Crippen LogP contribution < -0.4 is 11.1 Å². The molecule has 3 aliphatic rings. The molecule has 0 bridgehead atoms. The second-order valence-corrected chi connectivity index (χ2v) is 6.32. The molecule has 0 aromatic heterocycles. The van der Waals surface area contributed by atoms with E-state index >= 15 is 0 Å². The molecule has 3 nitrogen and oxygen atoms in total. The van der Waals surface area contributed by atoms with Crippen LogP contribution in [0, 0.1) is 5.92 Å². The molecule has 0 amide bonds. The van der Waals surface area contributed by atoms with Crippen molar-refractivity contribution >= 4 is 0 Å². The summed E-state index contributed by atoms with van der Waals surface area (Å²) in [6, 6.07) is 0.723. The maximum absolute atomic E-state index is 6.12. The summed E-state index contributed by atoms with van der Waals surface area (Å²) in [6.07, 6.45) is 9.70. The van der Waals surface area contributed by atoms with Gasteiger partial charge in [-0.1, -0.05) is 19.3 Å². The van der Waals surface area contributed by atoms with Gasteiger partial charge in [-0.05, 0) is 44.7 Å². The molecule has 2 saturated heterocycles. The van der Waals surface area contributed by atoms with Gasteiger partial charge in [0.05, 0.1) is 0 Å². The minimum Gasteiger partial charge on any atom is -0.329 e. The van der Waals surface area contributed by atoms with Crippen molar-refractivity contribution in [1.82, 2.24) is 10.2 Å². The zero-order chi connectivity index (χ0) is 11.7. The van der Waals surface area contributed by atoms with Crippen LogP contribution in [0.4, 0.5) is 0 Å². The van der Waals surface area contributed by atoms with Crippen LogP contribution in [0.25, 0.3) is 0 Å². The van der Waals surface area contributed by atoms with Crippen molar-refractivity contribution in [3.05, 3.63) is 0 Å². The molecule has 0 aromatic carbocycles. The first kappa shape index (κ1) is 11.9. The molecule has 2 aliphatic heterocycles. The highest BCUT2D eigenvalue weighted by Crippen LogP contribution is 2.36. The Labute approximate surface area is 105 Å². The van der Waals surface area contributed by atoms with Crippen LogP contribution in [0.3, 0.4) is 0 Å². The van der Waals surface area contributed by atoms with Crippen LogP contribution in [0.15, 0.2) is 0 Å². The number of nitrogens with zero attached hydrogens (tertiary/aromatic N) is 1. The third-order valence-electron chi connectivity index (χ3n) is 5.19. The number of fused-ring (bicyclic) bond motifs is 1. The molecule has 3 heteroatoms. The summed E-state index contributed by atoms with van der Waals surface area (Å²) in [5.41, 5.74) is 6.36. The predicted octanol–water partition coefficient (Wildman–Crippen LogP) is 1.33. The lowest BCUT2D eigenvalue weighted by atomic mass is 9.85. The molecule has 2 unspecified atom stereocenters. The summed E-state index contributed by atoms with van der Waals surface area (Å²) in [4.78, 5) is 2.68. The summed E-state index contributed by atoms with van der Waals surface area (Å²) in [6.45, 7) is 4.57. The summed E-state index contributed by atoms with van der Waals surface area (Å²) in [5, 5.41) is 3.85. The smallest absolute Gasteiger partial charge is 0.0473 e. The lowest BCUT2D eigenvalue weighted by Gasteiger charge is -2.41. The van der Waals surface area contributed by atoms with Gasteiger partial charge < -0.3 is 11.1 Å². The molecule has 1 aliphatic carbocycles. The number of nitrogens with two attached hydrogens (primary N) is 1. The van der Waals surface area contributed by atoms with Crippen LogP contribution in [0.1, 0.15) is 44.9 Å². The van der Waals surface area contributed by atoms with E-state index in [1.165, 1.54) is 64.6 Å². The highest BCUT2D eigenvalue weighted by atomic mass is 15.3. The van der Waals surface area contributed by atoms with Crippen molar-refractivity contribution in [2.75, 3.05) is 26.2 Å². The van der Waals surface area contributed by atoms with Gasteiger partial charge in [0.2, 0.25) is 0 Å². The molecule has 0 spiro atoms. The Bertz CT molecular complexity index is 264. The molecule has 98 valence electrons. The normalized spacial score (nSPS) is 38.3. The third kappa shape index (κ3) is 2.38. The van der Waals surface area contributed by atoms with Gasteiger partial charge in [0.15, 0.2) is 0 Å². The zero-order valence-electron chi connectivity index (χ0n) is 11.0. The molecule has 17 heavy (non-hydrogen) atoms. The van der Waals surface area contributed by atoms with Crippen LogP contribution in [0.5, 0.6) is 0 Å². The summed E-state index contributed by atoms with van der Waals surface area (Å²) >= 11 is 0. The quantitative estimate of drug-likeness (QED) is 0.758. The van der Waals surface area contributed by atoms with Crippen molar-refractivity contribution < 1.29 is 0 Å². The summed E-state index contributed by atoms with van der Waals surface area (Å²) in [5.74, 6) is 1.03. The van der Waals surface area contributed by atoms with Crippen molar-refractivity contribution in [1.29, 1.82) is 0 Å². The Kier molecular flexibility index (Phi) is 3.42. The molecule has 3 fully saturated rings. The number of hydrogen-bond donors (Lipinski definition) is 2. The minimum atomic E-state index is 0.245. The topological polar surface area (TPSA) is 41.3 Å². The average molecular weight is 237 g/mol. The lowest BCUT2D eigenvalue weighted by molar-refractivity contribution is 0.140. The fourth-order valence-electron chi connectivity index (χ4n) is 3.84. The fraction of sp³-hybridized carbons (Fsp3) is 1.00. The fourth-order valence-corrected chi connectivity index (χ4v) is 3.84. The SMILES string of the molecule is NCC1(NCCC2CC2)CCN2CCCCC21. The Balaban J connectivity index is 1.59. The molecule has 0 aromatic rings. The van der Waals surface area contributed by atoms with E-state index in [9.17, 15) is 0 Å². The van der Waals surface area contributed by atoms with Gasteiger partial charge in [-0.15, -0.1) is 0 Å². The molecular formula is C14H27N3. The van der Waals surface area contributed by atoms with E-state index in [1.807, 2.05) is 0 Å². The number of rotatable bonds is 5. The Morgan fingerprint density at radius 2 is 2.06 bits per heavy atom. The number of hydrogen-bond acceptors (Lipinski definition) is 3. The zero-order valence-corrected chi connectivity index (χ0v) is 11.0. The van der Waals surface area contributed by atoms with E-state index in [-0.39, 0.29) is 5.54 Å². The van der Waals surface area contributed by atoms with E-state index in [1.54, 1.807) is 0 Å². The molecule has 2 heterocycles. The van der Waals surface area contributed by atoms with Gasteiger partial charge in [-0.2, -0.15) is 0 Å². The van der Waals surface area contributed by atoms with Crippen LogP contribution in [-0.2, 0) is 0 Å². The van der Waals surface area contributed by atoms with Crippen LogP contribution >= 0.6 is 0 Å². The lowest BCUT2D eigenvalue weighted by Crippen LogP contribution is -2.60. The maximum Gasteiger partial charge on any atom is 0.0473 e. The largest absolute Gasteiger partial charge is 0.329 e. The average Bonchev–Trinajstić information content (AvgIpc) is 3.12. The van der Waals surface area contributed by atoms with Crippen molar-refractivity contribution in [3.8, 4) is 0 Å². The van der Waals surface area contributed by atoms with Gasteiger partial charge in [0.1, 0.15) is 0 Å². The molecule has 1 saturated carbocycles. The number of piperidine rings is 1. The van der Waals surface area contributed by atoms with Crippen LogP contribution in [-0.4, -0.2) is 42.7 Å². The van der Waals surface area contributed by atoms with Gasteiger partial charge in [0.25, 0.3) is 0 Å². The standard InChI is InChI=1S/C14H27N3/c15-11-14(16-8-6-12-4-5-12)7-10-17-9-2-1-3-13(14)17/h12-13,16H,1-11,15H2. The molecule has 3 N–H and O–H groups in total. The first-order valence-electron chi connectivity index (χ1n) is 7.53. The van der Waals surface area contributed by atoms with E-state index in [2.05, 4.69) is 10.2 Å². The van der Waals surface area contributed by atoms with Crippen molar-refractivity contribution in [2.24, 2.45) is 11.7 Å². The third-order valence-corrected chi connectivity index (χ3v) is 5.19. The molecule has 2 atom stereocenters. The Morgan fingerprint density at radius 1 is 1.18 bits per heavy atom. The second-order valence-electron chi connectivity index (χ2n) is 6.32. The van der Waals surface area contributed by atoms with Gasteiger partial charge in [-0.3, -0.25) is 4.90 Å². The first-order valence-corrected chi connectivity index (χ1v) is 7.53. The van der Waals surface area contributed by atoms with E-state index in [0.29, 0.717) is 0 Å². The van der Waals surface area contributed by atoms with Crippen molar-refractivity contribution in [2.45, 2.75) is 56.5 Å². The predicted molar refractivity (Wildman–Crippen MR) is 71.0 cm³/mol. The molecular weight excluding hydrogens is 210 g/mol. The first-order chi connectivity index (χ1) is 8.34. The van der Waals surface area contributed by atoms with Gasteiger partial charge in [-0.25, -0.2) is 0 Å². The Morgan fingerprint density at radius 3 is 2.82 bits per heavy atom. The van der Waals surface area contributed by atoms with Gasteiger partial charge >= 0.3 is 0 Å². The van der Waals surface area contributed by atoms with Crippen molar-refractivity contribution in [3.63, 3.8) is 0 Å². The molecule has 3 rings (SSSR count). The van der Waals surface area contributed by atoms with Gasteiger partial charge in [0, 0.05) is 24.7 Å². The Hall–Kier alpha value is -0.120. The molecule has 0 radical (unpaired) electrons. The highest BCUT2D eigenvalue weighted by molar-refractivity contribution is 5.07. The second kappa shape index (κ2) is 4.87. The summed E-state index contributed by atoms with van der Waals surface area (Å²) < 4.78 is 0. The highest BCUT2D eigenvalue weighted by Gasteiger charge is 2.46. The van der Waals surface area contributed by atoms with E-state index < -0.39 is 0 Å². The minimum absolute atomic E-state index is 0.245. The number of nitrogens with one attached hydrogen (secondary N) is 1. The summed E-state index contributed by atoms with van der Waals surface area (Å²) in [7, 11) is 0. The van der Waals surface area contributed by atoms with E-state index in [0.717, 1.165) is 18.5 Å². The monoisotopic (exact) mass is 237 g/mol. The maximum atomic E-state index is 6.12. The van der Waals surface area contributed by atoms with E-state index in [4.69, 9.17) is 5.73 Å².